The van der Waals surface area contributed by atoms with Gasteiger partial charge in [-0.25, -0.2) is 0 Å². The van der Waals surface area contributed by atoms with E-state index in [-0.39, 0.29) is 0 Å². The molecule has 0 saturated heterocycles. The summed E-state index contributed by atoms with van der Waals surface area (Å²) < 4.78 is 11.7. The quantitative estimate of drug-likeness (QED) is 0.472. The van der Waals surface area contributed by atoms with Crippen LogP contribution in [0, 0.1) is 0 Å². The van der Waals surface area contributed by atoms with Gasteiger partial charge in [-0.3, -0.25) is 0 Å². The highest BCUT2D eigenvalue weighted by molar-refractivity contribution is 6.77. The highest BCUT2D eigenvalue weighted by Gasteiger charge is 2.44. The summed E-state index contributed by atoms with van der Waals surface area (Å²) in [5.74, 6) is 0. The van der Waals surface area contributed by atoms with Crippen molar-refractivity contribution in [2.45, 2.75) is 65.1 Å². The van der Waals surface area contributed by atoms with Gasteiger partial charge in [0.15, 0.2) is 8.32 Å². The van der Waals surface area contributed by atoms with E-state index in [1.54, 1.807) is 0 Å². The lowest BCUT2D eigenvalue weighted by Gasteiger charge is -2.42. The summed E-state index contributed by atoms with van der Waals surface area (Å²) in [5, 5.41) is 0. The maximum absolute atomic E-state index is 6.33. The van der Waals surface area contributed by atoms with Crippen molar-refractivity contribution in [3.05, 3.63) is 0 Å². The lowest BCUT2D eigenvalue weighted by Crippen LogP contribution is -2.48. The largest absolute Gasteiger partial charge is 0.414 e. The molecule has 16 heavy (non-hydrogen) atoms. The van der Waals surface area contributed by atoms with Crippen LogP contribution in [0.25, 0.3) is 0 Å². The second kappa shape index (κ2) is 7.46. The molecule has 0 N–H and O–H groups in total. The fraction of sp³-hybridized carbons (Fsp3) is 1.00. The van der Waals surface area contributed by atoms with Gasteiger partial charge in [-0.1, -0.05) is 41.5 Å². The van der Waals surface area contributed by atoms with Crippen molar-refractivity contribution in [2.75, 3.05) is 19.8 Å². The van der Waals surface area contributed by atoms with Crippen molar-refractivity contribution >= 4 is 8.32 Å². The van der Waals surface area contributed by atoms with Crippen LogP contribution in [-0.4, -0.2) is 28.1 Å². The van der Waals surface area contributed by atoms with Crippen LogP contribution in [-0.2, 0) is 9.16 Å². The molecule has 0 heterocycles. The Morgan fingerprint density at radius 3 is 1.56 bits per heavy atom. The fourth-order valence-corrected chi connectivity index (χ4v) is 8.36. The second-order valence-corrected chi connectivity index (χ2v) is 10.8. The maximum atomic E-state index is 6.33. The molecular weight excluding hydrogens is 216 g/mol. The molecule has 98 valence electrons. The lowest BCUT2D eigenvalue weighted by molar-refractivity contribution is 0.103. The summed E-state index contributed by atoms with van der Waals surface area (Å²) in [6.07, 6.45) is 0. The molecule has 0 amide bonds. The maximum Gasteiger partial charge on any atom is 0.200 e. The number of rotatable bonds is 8. The van der Waals surface area contributed by atoms with E-state index in [1.165, 1.54) is 0 Å². The first-order valence-electron chi connectivity index (χ1n) is 6.61. The lowest BCUT2D eigenvalue weighted by atomic mass is 10.5. The van der Waals surface area contributed by atoms with E-state index in [1.807, 2.05) is 6.92 Å². The van der Waals surface area contributed by atoms with Crippen molar-refractivity contribution < 1.29 is 9.16 Å². The Morgan fingerprint density at radius 1 is 0.812 bits per heavy atom. The van der Waals surface area contributed by atoms with Gasteiger partial charge in [0.25, 0.3) is 0 Å². The van der Waals surface area contributed by atoms with Crippen LogP contribution >= 0.6 is 0 Å². The molecule has 0 atom stereocenters. The Bertz CT molecular complexity index is 157. The first kappa shape index (κ1) is 16.1. The summed E-state index contributed by atoms with van der Waals surface area (Å²) in [5.41, 5.74) is 1.98. The van der Waals surface area contributed by atoms with Crippen LogP contribution in [0.2, 0.25) is 16.6 Å². The van der Waals surface area contributed by atoms with Crippen LogP contribution in [0.5, 0.6) is 0 Å². The third-order valence-corrected chi connectivity index (χ3v) is 9.61. The van der Waals surface area contributed by atoms with E-state index in [4.69, 9.17) is 9.16 Å². The van der Waals surface area contributed by atoms with Crippen molar-refractivity contribution in [2.24, 2.45) is 0 Å². The average Bonchev–Trinajstić information content (AvgIpc) is 2.16. The topological polar surface area (TPSA) is 18.5 Å². The summed E-state index contributed by atoms with van der Waals surface area (Å²) in [6, 6.07) is 0. The van der Waals surface area contributed by atoms with Gasteiger partial charge < -0.3 is 9.16 Å². The Balaban J connectivity index is 4.52. The van der Waals surface area contributed by atoms with Gasteiger partial charge in [0.05, 0.1) is 13.2 Å². The minimum absolute atomic E-state index is 0.661. The normalized spacial score (nSPS) is 13.1. The Kier molecular flexibility index (Phi) is 7.52. The molecule has 0 rings (SSSR count). The third-order valence-electron chi connectivity index (χ3n) is 3.49. The molecule has 0 fully saturated rings. The molecule has 0 unspecified atom stereocenters. The molecule has 0 aromatic rings. The molecule has 0 aliphatic carbocycles. The molecule has 0 aromatic carbocycles. The SMILES string of the molecule is CCOCCO[Si](C(C)C)(C(C)C)C(C)C. The second-order valence-electron chi connectivity index (χ2n) is 5.36. The monoisotopic (exact) mass is 246 g/mol. The van der Waals surface area contributed by atoms with E-state index in [2.05, 4.69) is 41.5 Å². The molecule has 0 aromatic heterocycles. The molecule has 0 aliphatic rings. The summed E-state index contributed by atoms with van der Waals surface area (Å²) in [4.78, 5) is 0. The van der Waals surface area contributed by atoms with Gasteiger partial charge in [-0.2, -0.15) is 0 Å². The zero-order valence-corrected chi connectivity index (χ0v) is 13.2. The molecule has 3 heteroatoms. The van der Waals surface area contributed by atoms with Crippen molar-refractivity contribution in [1.29, 1.82) is 0 Å². The Labute approximate surface area is 103 Å². The van der Waals surface area contributed by atoms with Crippen LogP contribution in [0.4, 0.5) is 0 Å². The summed E-state index contributed by atoms with van der Waals surface area (Å²) >= 11 is 0. The smallest absolute Gasteiger partial charge is 0.200 e. The molecule has 0 aliphatic heterocycles. The Morgan fingerprint density at radius 2 is 1.25 bits per heavy atom. The minimum atomic E-state index is -1.66. The number of hydrogen-bond acceptors (Lipinski definition) is 2. The zero-order valence-electron chi connectivity index (χ0n) is 12.2. The first-order valence-corrected chi connectivity index (χ1v) is 8.75. The highest BCUT2D eigenvalue weighted by Crippen LogP contribution is 2.41. The molecular formula is C13H30O2Si. The van der Waals surface area contributed by atoms with Crippen LogP contribution in [0.1, 0.15) is 48.5 Å². The standard InChI is InChI=1S/C13H30O2Si/c1-8-14-9-10-15-16(11(2)3,12(4)5)13(6)7/h11-13H,8-10H2,1-7H3. The molecule has 0 spiro atoms. The van der Waals surface area contributed by atoms with E-state index in [9.17, 15) is 0 Å². The van der Waals surface area contributed by atoms with Crippen LogP contribution in [0.15, 0.2) is 0 Å². The molecule has 0 radical (unpaired) electrons. The Hall–Kier alpha value is 0.137. The van der Waals surface area contributed by atoms with E-state index in [0.29, 0.717) is 16.6 Å². The van der Waals surface area contributed by atoms with E-state index >= 15 is 0 Å². The molecule has 0 saturated carbocycles. The van der Waals surface area contributed by atoms with Gasteiger partial charge in [0, 0.05) is 6.61 Å². The van der Waals surface area contributed by atoms with Gasteiger partial charge >= 0.3 is 0 Å². The van der Waals surface area contributed by atoms with Gasteiger partial charge in [0.1, 0.15) is 0 Å². The third kappa shape index (κ3) is 3.86. The summed E-state index contributed by atoms with van der Waals surface area (Å²) in [7, 11) is -1.66. The van der Waals surface area contributed by atoms with E-state index < -0.39 is 8.32 Å². The predicted octanol–water partition coefficient (Wildman–Crippen LogP) is 4.22. The van der Waals surface area contributed by atoms with Crippen LogP contribution in [0.3, 0.4) is 0 Å². The first-order chi connectivity index (χ1) is 7.39. The fourth-order valence-electron chi connectivity index (χ4n) is 2.92. The van der Waals surface area contributed by atoms with Crippen molar-refractivity contribution in [3.8, 4) is 0 Å². The number of ether oxygens (including phenoxy) is 1. The van der Waals surface area contributed by atoms with Gasteiger partial charge in [-0.05, 0) is 23.5 Å². The minimum Gasteiger partial charge on any atom is -0.414 e. The highest BCUT2D eigenvalue weighted by atomic mass is 28.4. The van der Waals surface area contributed by atoms with Crippen molar-refractivity contribution in [1.82, 2.24) is 0 Å². The van der Waals surface area contributed by atoms with E-state index in [0.717, 1.165) is 19.8 Å². The number of hydrogen-bond donors (Lipinski definition) is 0. The predicted molar refractivity (Wildman–Crippen MR) is 73.5 cm³/mol. The van der Waals surface area contributed by atoms with Crippen molar-refractivity contribution in [3.63, 3.8) is 0 Å². The van der Waals surface area contributed by atoms with Gasteiger partial charge in [0.2, 0.25) is 0 Å². The van der Waals surface area contributed by atoms with Gasteiger partial charge in [-0.15, -0.1) is 0 Å². The summed E-state index contributed by atoms with van der Waals surface area (Å²) in [6.45, 7) is 18.2. The zero-order chi connectivity index (χ0) is 12.8. The molecule has 2 nitrogen and oxygen atoms in total. The van der Waals surface area contributed by atoms with Crippen LogP contribution < -0.4 is 0 Å². The molecule has 0 bridgehead atoms. The average molecular weight is 246 g/mol.